The van der Waals surface area contributed by atoms with E-state index in [4.69, 9.17) is 4.43 Å². The van der Waals surface area contributed by atoms with Gasteiger partial charge in [0.2, 0.25) is 0 Å². The van der Waals surface area contributed by atoms with E-state index in [1.54, 1.807) is 6.08 Å². The van der Waals surface area contributed by atoms with Crippen LogP contribution >= 0.6 is 0 Å². The van der Waals surface area contributed by atoms with Crippen LogP contribution in [0.1, 0.15) is 105 Å². The summed E-state index contributed by atoms with van der Waals surface area (Å²) in [5.41, 5.74) is 9.27. The average Bonchev–Trinajstić information content (AvgIpc) is 2.95. The first kappa shape index (κ1) is 33.8. The molecule has 0 amide bonds. The maximum atomic E-state index is 10.9. The zero-order chi connectivity index (χ0) is 29.1. The minimum Gasteiger partial charge on any atom is -0.407 e. The summed E-state index contributed by atoms with van der Waals surface area (Å²) >= 11 is 0. The smallest absolute Gasteiger partial charge is 0.261 e. The molecule has 1 N–H and O–H groups in total. The maximum absolute atomic E-state index is 10.9. The van der Waals surface area contributed by atoms with Gasteiger partial charge in [0, 0.05) is 11.5 Å². The summed E-state index contributed by atoms with van der Waals surface area (Å²) < 4.78 is 6.90. The van der Waals surface area contributed by atoms with Crippen LogP contribution in [0.4, 0.5) is 0 Å². The summed E-state index contributed by atoms with van der Waals surface area (Å²) in [6.45, 7) is 9.06. The molecule has 0 saturated heterocycles. The van der Waals surface area contributed by atoms with Crippen molar-refractivity contribution in [2.24, 2.45) is 5.11 Å². The molecule has 220 valence electrons. The lowest BCUT2D eigenvalue weighted by Crippen LogP contribution is -2.67. The van der Waals surface area contributed by atoms with Crippen LogP contribution < -0.4 is 10.4 Å². The highest BCUT2D eigenvalue weighted by molar-refractivity contribution is 6.99. The van der Waals surface area contributed by atoms with Gasteiger partial charge in [-0.05, 0) is 33.8 Å². The van der Waals surface area contributed by atoms with Gasteiger partial charge in [-0.15, -0.1) is 0 Å². The Kier molecular flexibility index (Phi) is 16.0. The third-order valence-corrected chi connectivity index (χ3v) is 12.8. The van der Waals surface area contributed by atoms with Gasteiger partial charge in [-0.1, -0.05) is 170 Å². The summed E-state index contributed by atoms with van der Waals surface area (Å²) in [4.78, 5) is 3.05. The van der Waals surface area contributed by atoms with Crippen molar-refractivity contribution in [3.63, 3.8) is 0 Å². The molecule has 0 fully saturated rings. The number of hydrogen-bond donors (Lipinski definition) is 1. The van der Waals surface area contributed by atoms with Crippen LogP contribution in [-0.2, 0) is 4.43 Å². The quantitative estimate of drug-likeness (QED) is 0.0436. The number of hydrogen-bond acceptors (Lipinski definition) is 3. The minimum absolute atomic E-state index is 0.154. The molecule has 0 saturated carbocycles. The van der Waals surface area contributed by atoms with Crippen molar-refractivity contribution < 1.29 is 9.53 Å². The number of unbranched alkanes of at least 4 members (excludes halogenated alkanes) is 11. The van der Waals surface area contributed by atoms with Crippen LogP contribution in [-0.4, -0.2) is 32.2 Å². The molecule has 2 rings (SSSR count). The lowest BCUT2D eigenvalue weighted by atomic mass is 10.0. The van der Waals surface area contributed by atoms with Crippen LogP contribution in [0.5, 0.6) is 0 Å². The normalized spacial score (nSPS) is 13.7. The van der Waals surface area contributed by atoms with E-state index in [0.717, 1.165) is 23.2 Å². The van der Waals surface area contributed by atoms with Crippen molar-refractivity contribution in [1.82, 2.24) is 0 Å². The number of benzene rings is 2. The van der Waals surface area contributed by atoms with Crippen molar-refractivity contribution in [2.75, 3.05) is 6.61 Å². The lowest BCUT2D eigenvalue weighted by Gasteiger charge is -2.43. The molecular weight excluding hydrogens is 510 g/mol. The number of azide groups is 1. The monoisotopic (exact) mass is 563 g/mol. The van der Waals surface area contributed by atoms with Gasteiger partial charge in [-0.3, -0.25) is 0 Å². The topological polar surface area (TPSA) is 78.2 Å². The van der Waals surface area contributed by atoms with Crippen LogP contribution in [0.25, 0.3) is 10.4 Å². The number of nitrogens with zero attached hydrogens (tertiary/aromatic N) is 3. The maximum Gasteiger partial charge on any atom is 0.261 e. The number of allylic oxidation sites excluding steroid dienone is 1. The third-order valence-electron chi connectivity index (χ3n) is 7.79. The second-order valence-corrected chi connectivity index (χ2v) is 16.3. The van der Waals surface area contributed by atoms with Crippen molar-refractivity contribution in [3.05, 3.63) is 83.3 Å². The zero-order valence-electron chi connectivity index (χ0n) is 25.5. The van der Waals surface area contributed by atoms with Gasteiger partial charge in [0.05, 0.1) is 12.1 Å². The number of aliphatic hydroxyl groups is 1. The Labute approximate surface area is 244 Å². The van der Waals surface area contributed by atoms with Crippen LogP contribution in [0, 0.1) is 0 Å². The van der Waals surface area contributed by atoms with Gasteiger partial charge in [0.1, 0.15) is 0 Å². The third kappa shape index (κ3) is 10.9. The minimum atomic E-state index is -2.78. The standard InChI is InChI=1S/C34H53N3O2Si/c1-5-6-7-8-9-10-11-12-13-14-15-16-23-28-33(38)32(36-37-35)29-39-40(34(2,3)4,30-24-19-17-20-25-30)31-26-21-18-22-27-31/h17-28,32-33,38H,5-16,29H2,1-4H3/b28-23+/t32-,33+/m0/s1. The van der Waals surface area contributed by atoms with Gasteiger partial charge in [-0.2, -0.15) is 0 Å². The molecule has 0 aromatic heterocycles. The summed E-state index contributed by atoms with van der Waals surface area (Å²) in [5, 5.41) is 17.0. The Bertz CT molecular complexity index is 961. The van der Waals surface area contributed by atoms with E-state index in [1.165, 1.54) is 64.2 Å². The zero-order valence-corrected chi connectivity index (χ0v) is 26.5. The van der Waals surface area contributed by atoms with Crippen molar-refractivity contribution >= 4 is 18.7 Å². The molecule has 0 aliphatic rings. The molecule has 2 atom stereocenters. The molecule has 0 radical (unpaired) electrons. The van der Waals surface area contributed by atoms with Crippen molar-refractivity contribution in [2.45, 2.75) is 122 Å². The molecule has 0 bridgehead atoms. The molecule has 0 aliphatic heterocycles. The Morgan fingerprint density at radius 2 is 1.30 bits per heavy atom. The van der Waals surface area contributed by atoms with Crippen LogP contribution in [0.2, 0.25) is 5.04 Å². The highest BCUT2D eigenvalue weighted by Gasteiger charge is 2.50. The van der Waals surface area contributed by atoms with E-state index in [0.29, 0.717) is 0 Å². The predicted molar refractivity (Wildman–Crippen MR) is 173 cm³/mol. The number of rotatable bonds is 20. The molecule has 6 heteroatoms. The Hall–Kier alpha value is -2.37. The summed E-state index contributed by atoms with van der Waals surface area (Å²) in [5.74, 6) is 0. The fourth-order valence-electron chi connectivity index (χ4n) is 5.53. The van der Waals surface area contributed by atoms with Gasteiger partial charge >= 0.3 is 0 Å². The molecule has 5 nitrogen and oxygen atoms in total. The lowest BCUT2D eigenvalue weighted by molar-refractivity contribution is 0.148. The van der Waals surface area contributed by atoms with Crippen LogP contribution in [0.15, 0.2) is 77.9 Å². The van der Waals surface area contributed by atoms with Crippen molar-refractivity contribution in [1.29, 1.82) is 0 Å². The Morgan fingerprint density at radius 1 is 0.825 bits per heavy atom. The fourth-order valence-corrected chi connectivity index (χ4v) is 10.1. The molecule has 2 aromatic rings. The first-order chi connectivity index (χ1) is 19.4. The fraction of sp³-hybridized carbons (Fsp3) is 0.588. The van der Waals surface area contributed by atoms with Gasteiger partial charge in [-0.25, -0.2) is 0 Å². The van der Waals surface area contributed by atoms with Gasteiger partial charge < -0.3 is 9.53 Å². The molecule has 0 aliphatic carbocycles. The Morgan fingerprint density at radius 3 is 1.75 bits per heavy atom. The second kappa shape index (κ2) is 18.9. The van der Waals surface area contributed by atoms with Crippen molar-refractivity contribution in [3.8, 4) is 0 Å². The predicted octanol–water partition coefficient (Wildman–Crippen LogP) is 8.86. The summed E-state index contributed by atoms with van der Waals surface area (Å²) in [7, 11) is -2.78. The molecule has 0 spiro atoms. The van der Waals surface area contributed by atoms with Crippen LogP contribution in [0.3, 0.4) is 0 Å². The van der Waals surface area contributed by atoms with E-state index in [9.17, 15) is 10.6 Å². The van der Waals surface area contributed by atoms with E-state index >= 15 is 0 Å². The van der Waals surface area contributed by atoms with Gasteiger partial charge in [0.15, 0.2) is 0 Å². The van der Waals surface area contributed by atoms with E-state index in [-0.39, 0.29) is 11.6 Å². The second-order valence-electron chi connectivity index (χ2n) is 12.0. The van der Waals surface area contributed by atoms with Gasteiger partial charge in [0.25, 0.3) is 8.32 Å². The Balaban J connectivity index is 1.94. The SMILES string of the molecule is CCCCCCCCCCCCC/C=C/[C@@H](O)[C@H](CO[Si](c1ccccc1)(c1ccccc1)C(C)(C)C)N=[N+]=[N-]. The first-order valence-corrected chi connectivity index (χ1v) is 17.4. The van der Waals surface area contributed by atoms with E-state index < -0.39 is 20.5 Å². The average molecular weight is 564 g/mol. The van der Waals surface area contributed by atoms with E-state index in [1.807, 2.05) is 42.5 Å². The molecule has 0 heterocycles. The molecular formula is C34H53N3O2Si. The largest absolute Gasteiger partial charge is 0.407 e. The molecule has 2 aromatic carbocycles. The van der Waals surface area contributed by atoms with E-state index in [2.05, 4.69) is 62.0 Å². The molecule has 40 heavy (non-hydrogen) atoms. The highest BCUT2D eigenvalue weighted by atomic mass is 28.4. The number of aliphatic hydroxyl groups excluding tert-OH is 1. The first-order valence-electron chi connectivity index (χ1n) is 15.5. The highest BCUT2D eigenvalue weighted by Crippen LogP contribution is 2.37. The molecule has 0 unspecified atom stereocenters. The summed E-state index contributed by atoms with van der Waals surface area (Å²) in [6, 6.07) is 20.1. The summed E-state index contributed by atoms with van der Waals surface area (Å²) in [6.07, 6.45) is 18.3.